The Hall–Kier alpha value is -1.68. The molecule has 0 atom stereocenters. The SMILES string of the molecule is NCc1cnc(-c2ccccn2)o1. The summed E-state index contributed by atoms with van der Waals surface area (Å²) in [5.74, 6) is 1.18. The van der Waals surface area contributed by atoms with Crippen LogP contribution in [0.3, 0.4) is 0 Å². The molecule has 0 aliphatic carbocycles. The fourth-order valence-corrected chi connectivity index (χ4v) is 1.01. The maximum atomic E-state index is 5.39. The van der Waals surface area contributed by atoms with Gasteiger partial charge < -0.3 is 10.2 Å². The number of hydrogen-bond donors (Lipinski definition) is 1. The van der Waals surface area contributed by atoms with E-state index in [0.717, 1.165) is 5.69 Å². The average molecular weight is 175 g/mol. The number of oxazole rings is 1. The van der Waals surface area contributed by atoms with Gasteiger partial charge in [-0.2, -0.15) is 0 Å². The van der Waals surface area contributed by atoms with Crippen LogP contribution in [0.15, 0.2) is 35.0 Å². The maximum absolute atomic E-state index is 5.39. The van der Waals surface area contributed by atoms with Gasteiger partial charge in [-0.3, -0.25) is 4.98 Å². The standard InChI is InChI=1S/C9H9N3O/c10-5-7-6-12-9(13-7)8-3-1-2-4-11-8/h1-4,6H,5,10H2. The van der Waals surface area contributed by atoms with Crippen molar-refractivity contribution in [3.05, 3.63) is 36.4 Å². The molecule has 0 fully saturated rings. The Balaban J connectivity index is 2.36. The van der Waals surface area contributed by atoms with Gasteiger partial charge in [0, 0.05) is 6.20 Å². The molecule has 2 aromatic rings. The highest BCUT2D eigenvalue weighted by Gasteiger charge is 2.04. The molecular weight excluding hydrogens is 166 g/mol. The lowest BCUT2D eigenvalue weighted by Gasteiger charge is -1.91. The van der Waals surface area contributed by atoms with E-state index in [1.54, 1.807) is 12.4 Å². The van der Waals surface area contributed by atoms with Crippen molar-refractivity contribution in [1.82, 2.24) is 9.97 Å². The van der Waals surface area contributed by atoms with E-state index >= 15 is 0 Å². The number of hydrogen-bond acceptors (Lipinski definition) is 4. The van der Waals surface area contributed by atoms with Gasteiger partial charge in [0.1, 0.15) is 11.5 Å². The minimum Gasteiger partial charge on any atom is -0.439 e. The van der Waals surface area contributed by atoms with Crippen molar-refractivity contribution in [3.63, 3.8) is 0 Å². The van der Waals surface area contributed by atoms with Crippen LogP contribution >= 0.6 is 0 Å². The van der Waals surface area contributed by atoms with Crippen LogP contribution in [0.25, 0.3) is 11.6 Å². The van der Waals surface area contributed by atoms with Crippen molar-refractivity contribution in [2.45, 2.75) is 6.54 Å². The maximum Gasteiger partial charge on any atom is 0.245 e. The molecular formula is C9H9N3O. The van der Waals surface area contributed by atoms with Crippen molar-refractivity contribution in [1.29, 1.82) is 0 Å². The summed E-state index contributed by atoms with van der Waals surface area (Å²) in [7, 11) is 0. The Morgan fingerprint density at radius 3 is 2.85 bits per heavy atom. The van der Waals surface area contributed by atoms with Crippen molar-refractivity contribution in [2.75, 3.05) is 0 Å². The van der Waals surface area contributed by atoms with E-state index in [1.807, 2.05) is 18.2 Å². The van der Waals surface area contributed by atoms with Crippen molar-refractivity contribution in [3.8, 4) is 11.6 Å². The summed E-state index contributed by atoms with van der Waals surface area (Å²) in [6, 6.07) is 5.57. The molecule has 13 heavy (non-hydrogen) atoms. The molecule has 0 amide bonds. The monoisotopic (exact) mass is 175 g/mol. The number of pyridine rings is 1. The van der Waals surface area contributed by atoms with Crippen molar-refractivity contribution in [2.24, 2.45) is 5.73 Å². The highest BCUT2D eigenvalue weighted by Crippen LogP contribution is 2.15. The van der Waals surface area contributed by atoms with E-state index in [-0.39, 0.29) is 0 Å². The zero-order chi connectivity index (χ0) is 9.10. The largest absolute Gasteiger partial charge is 0.439 e. The molecule has 4 heteroatoms. The Morgan fingerprint density at radius 1 is 1.31 bits per heavy atom. The van der Waals surface area contributed by atoms with Gasteiger partial charge in [-0.05, 0) is 12.1 Å². The first kappa shape index (κ1) is 7.94. The van der Waals surface area contributed by atoms with E-state index in [2.05, 4.69) is 9.97 Å². The van der Waals surface area contributed by atoms with Gasteiger partial charge in [0.25, 0.3) is 0 Å². The Morgan fingerprint density at radius 2 is 2.23 bits per heavy atom. The molecule has 0 saturated carbocycles. The van der Waals surface area contributed by atoms with E-state index < -0.39 is 0 Å². The molecule has 0 bridgehead atoms. The first-order valence-electron chi connectivity index (χ1n) is 3.96. The summed E-state index contributed by atoms with van der Waals surface area (Å²) in [5.41, 5.74) is 6.11. The average Bonchev–Trinajstić information content (AvgIpc) is 2.67. The molecule has 0 radical (unpaired) electrons. The molecule has 2 N–H and O–H groups in total. The predicted octanol–water partition coefficient (Wildman–Crippen LogP) is 1.20. The zero-order valence-corrected chi connectivity index (χ0v) is 6.97. The van der Waals surface area contributed by atoms with E-state index in [0.29, 0.717) is 18.2 Å². The lowest BCUT2D eigenvalue weighted by atomic mass is 10.3. The Bertz CT molecular complexity index is 383. The highest BCUT2D eigenvalue weighted by atomic mass is 16.4. The predicted molar refractivity (Wildman–Crippen MR) is 47.6 cm³/mol. The highest BCUT2D eigenvalue weighted by molar-refractivity contribution is 5.45. The normalized spacial score (nSPS) is 10.2. The lowest BCUT2D eigenvalue weighted by molar-refractivity contribution is 0.519. The Labute approximate surface area is 75.4 Å². The van der Waals surface area contributed by atoms with E-state index in [4.69, 9.17) is 10.2 Å². The molecule has 0 aromatic carbocycles. The van der Waals surface area contributed by atoms with Crippen LogP contribution in [0.5, 0.6) is 0 Å². The third kappa shape index (κ3) is 1.57. The number of aromatic nitrogens is 2. The Kier molecular flexibility index (Phi) is 2.06. The molecule has 2 rings (SSSR count). The van der Waals surface area contributed by atoms with Crippen LogP contribution < -0.4 is 5.73 Å². The summed E-state index contributed by atoms with van der Waals surface area (Å²) in [5, 5.41) is 0. The smallest absolute Gasteiger partial charge is 0.245 e. The van der Waals surface area contributed by atoms with E-state index in [9.17, 15) is 0 Å². The quantitative estimate of drug-likeness (QED) is 0.744. The van der Waals surface area contributed by atoms with Gasteiger partial charge >= 0.3 is 0 Å². The number of nitrogens with two attached hydrogens (primary N) is 1. The lowest BCUT2D eigenvalue weighted by Crippen LogP contribution is -1.92. The topological polar surface area (TPSA) is 64.9 Å². The summed E-state index contributed by atoms with van der Waals surface area (Å²) in [6.07, 6.45) is 3.31. The molecule has 4 nitrogen and oxygen atoms in total. The minimum absolute atomic E-state index is 0.361. The fraction of sp³-hybridized carbons (Fsp3) is 0.111. The molecule has 0 aliphatic heterocycles. The minimum atomic E-state index is 0.361. The van der Waals surface area contributed by atoms with Gasteiger partial charge in [-0.1, -0.05) is 6.07 Å². The fourth-order valence-electron chi connectivity index (χ4n) is 1.01. The molecule has 2 aromatic heterocycles. The molecule has 0 saturated heterocycles. The molecule has 66 valence electrons. The van der Waals surface area contributed by atoms with Gasteiger partial charge in [-0.25, -0.2) is 4.98 Å². The summed E-state index contributed by atoms with van der Waals surface area (Å²) < 4.78 is 5.32. The second kappa shape index (κ2) is 3.37. The van der Waals surface area contributed by atoms with Crippen molar-refractivity contribution >= 4 is 0 Å². The van der Waals surface area contributed by atoms with Crippen LogP contribution in [0.4, 0.5) is 0 Å². The zero-order valence-electron chi connectivity index (χ0n) is 6.97. The van der Waals surface area contributed by atoms with Gasteiger partial charge in [-0.15, -0.1) is 0 Å². The van der Waals surface area contributed by atoms with Crippen LogP contribution in [0.1, 0.15) is 5.76 Å². The third-order valence-electron chi connectivity index (χ3n) is 1.64. The molecule has 0 aliphatic rings. The van der Waals surface area contributed by atoms with Crippen LogP contribution in [-0.4, -0.2) is 9.97 Å². The number of nitrogens with zero attached hydrogens (tertiary/aromatic N) is 2. The summed E-state index contributed by atoms with van der Waals surface area (Å²) in [4.78, 5) is 8.15. The molecule has 2 heterocycles. The molecule has 0 unspecified atom stereocenters. The van der Waals surface area contributed by atoms with Gasteiger partial charge in [0.15, 0.2) is 0 Å². The second-order valence-electron chi connectivity index (χ2n) is 2.55. The molecule has 0 spiro atoms. The summed E-state index contributed by atoms with van der Waals surface area (Å²) in [6.45, 7) is 0.361. The van der Waals surface area contributed by atoms with Gasteiger partial charge in [0.2, 0.25) is 5.89 Å². The first-order chi connectivity index (χ1) is 6.40. The van der Waals surface area contributed by atoms with Crippen LogP contribution in [0, 0.1) is 0 Å². The second-order valence-corrected chi connectivity index (χ2v) is 2.55. The van der Waals surface area contributed by atoms with Crippen LogP contribution in [0.2, 0.25) is 0 Å². The van der Waals surface area contributed by atoms with Crippen molar-refractivity contribution < 1.29 is 4.42 Å². The third-order valence-corrected chi connectivity index (χ3v) is 1.64. The number of rotatable bonds is 2. The van der Waals surface area contributed by atoms with E-state index in [1.165, 1.54) is 0 Å². The van der Waals surface area contributed by atoms with Gasteiger partial charge in [0.05, 0.1) is 12.7 Å². The first-order valence-corrected chi connectivity index (χ1v) is 3.96. The summed E-state index contributed by atoms with van der Waals surface area (Å²) >= 11 is 0. The van der Waals surface area contributed by atoms with Crippen LogP contribution in [-0.2, 0) is 6.54 Å².